The fourth-order valence-electron chi connectivity index (χ4n) is 2.73. The number of fused-ring (bicyclic) bond motifs is 1. The number of aromatic nitrogens is 6. The van der Waals surface area contributed by atoms with Crippen molar-refractivity contribution in [3.05, 3.63) is 23.0 Å². The van der Waals surface area contributed by atoms with Crippen LogP contribution in [0.5, 0.6) is 0 Å². The van der Waals surface area contributed by atoms with Crippen molar-refractivity contribution in [2.24, 2.45) is 0 Å². The number of nitrogens with one attached hydrogen (secondary N) is 1. The molecule has 2 aromatic rings. The SMILES string of the molecule is CCc1nnc(NC2CCc3nc(C)nn3C2)nc1CC. The first-order chi connectivity index (χ1) is 10.2. The molecule has 1 N–H and O–H groups in total. The molecule has 0 spiro atoms. The van der Waals surface area contributed by atoms with E-state index in [4.69, 9.17) is 0 Å². The third-order valence-electron chi connectivity index (χ3n) is 3.81. The second kappa shape index (κ2) is 5.75. The monoisotopic (exact) mass is 287 g/mol. The predicted octanol–water partition coefficient (Wildman–Crippen LogP) is 1.32. The van der Waals surface area contributed by atoms with Crippen LogP contribution in [0.15, 0.2) is 0 Å². The number of nitrogens with zero attached hydrogens (tertiary/aromatic N) is 6. The summed E-state index contributed by atoms with van der Waals surface area (Å²) in [6.07, 6.45) is 3.69. The van der Waals surface area contributed by atoms with Crippen LogP contribution in [-0.4, -0.2) is 36.0 Å². The van der Waals surface area contributed by atoms with Crippen molar-refractivity contribution in [1.82, 2.24) is 29.9 Å². The second-order valence-corrected chi connectivity index (χ2v) is 5.37. The van der Waals surface area contributed by atoms with Crippen molar-refractivity contribution in [1.29, 1.82) is 0 Å². The first-order valence-electron chi connectivity index (χ1n) is 7.59. The van der Waals surface area contributed by atoms with Gasteiger partial charge in [0, 0.05) is 12.5 Å². The van der Waals surface area contributed by atoms with Crippen LogP contribution in [0.1, 0.15) is 43.3 Å². The molecule has 3 rings (SSSR count). The summed E-state index contributed by atoms with van der Waals surface area (Å²) in [6, 6.07) is 0.276. The van der Waals surface area contributed by atoms with E-state index in [-0.39, 0.29) is 6.04 Å². The lowest BCUT2D eigenvalue weighted by Gasteiger charge is -2.23. The summed E-state index contributed by atoms with van der Waals surface area (Å²) in [4.78, 5) is 9.01. The molecule has 2 aromatic heterocycles. The zero-order valence-electron chi connectivity index (χ0n) is 12.8. The van der Waals surface area contributed by atoms with E-state index in [2.05, 4.69) is 44.4 Å². The van der Waals surface area contributed by atoms with Gasteiger partial charge in [-0.15, -0.1) is 5.10 Å². The zero-order chi connectivity index (χ0) is 14.8. The summed E-state index contributed by atoms with van der Waals surface area (Å²) >= 11 is 0. The van der Waals surface area contributed by atoms with Gasteiger partial charge in [-0.2, -0.15) is 10.2 Å². The van der Waals surface area contributed by atoms with Crippen molar-refractivity contribution in [3.8, 4) is 0 Å². The summed E-state index contributed by atoms with van der Waals surface area (Å²) in [5.41, 5.74) is 2.02. The smallest absolute Gasteiger partial charge is 0.243 e. The third kappa shape index (κ3) is 2.86. The highest BCUT2D eigenvalue weighted by Gasteiger charge is 2.21. The lowest BCUT2D eigenvalue weighted by Crippen LogP contribution is -2.32. The first kappa shape index (κ1) is 13.9. The Morgan fingerprint density at radius 1 is 1.14 bits per heavy atom. The molecule has 1 unspecified atom stereocenters. The number of anilines is 1. The quantitative estimate of drug-likeness (QED) is 0.913. The van der Waals surface area contributed by atoms with Gasteiger partial charge in [0.15, 0.2) is 0 Å². The largest absolute Gasteiger partial charge is 0.348 e. The Morgan fingerprint density at radius 3 is 2.71 bits per heavy atom. The van der Waals surface area contributed by atoms with E-state index in [0.717, 1.165) is 55.3 Å². The van der Waals surface area contributed by atoms with Crippen molar-refractivity contribution < 1.29 is 0 Å². The minimum atomic E-state index is 0.276. The highest BCUT2D eigenvalue weighted by atomic mass is 15.4. The van der Waals surface area contributed by atoms with Crippen LogP contribution in [0, 0.1) is 6.92 Å². The third-order valence-corrected chi connectivity index (χ3v) is 3.81. The van der Waals surface area contributed by atoms with Gasteiger partial charge < -0.3 is 5.32 Å². The Balaban J connectivity index is 1.73. The van der Waals surface area contributed by atoms with E-state index in [1.54, 1.807) is 0 Å². The summed E-state index contributed by atoms with van der Waals surface area (Å²) < 4.78 is 1.98. The molecule has 3 heterocycles. The molecule has 1 aliphatic rings. The Bertz CT molecular complexity index is 634. The fourth-order valence-corrected chi connectivity index (χ4v) is 2.73. The molecule has 21 heavy (non-hydrogen) atoms. The molecule has 0 aliphatic carbocycles. The van der Waals surface area contributed by atoms with E-state index >= 15 is 0 Å². The Kier molecular flexibility index (Phi) is 3.81. The van der Waals surface area contributed by atoms with Gasteiger partial charge >= 0.3 is 0 Å². The standard InChI is InChI=1S/C14H21N7/c1-4-11-12(5-2)18-19-14(17-11)16-10-6-7-13-15-9(3)20-21(13)8-10/h10H,4-8H2,1-3H3,(H,16,17,19). The first-order valence-corrected chi connectivity index (χ1v) is 7.59. The predicted molar refractivity (Wildman–Crippen MR) is 79.1 cm³/mol. The maximum absolute atomic E-state index is 4.59. The van der Waals surface area contributed by atoms with Gasteiger partial charge in [0.05, 0.1) is 17.9 Å². The van der Waals surface area contributed by atoms with Crippen LogP contribution in [0.2, 0.25) is 0 Å². The van der Waals surface area contributed by atoms with Gasteiger partial charge in [-0.05, 0) is 26.2 Å². The van der Waals surface area contributed by atoms with Crippen LogP contribution < -0.4 is 5.32 Å². The van der Waals surface area contributed by atoms with Gasteiger partial charge in [-0.3, -0.25) is 0 Å². The molecule has 7 heteroatoms. The summed E-state index contributed by atoms with van der Waals surface area (Å²) in [5.74, 6) is 2.53. The molecule has 1 atom stereocenters. The Hall–Kier alpha value is -2.05. The van der Waals surface area contributed by atoms with E-state index in [1.165, 1.54) is 0 Å². The number of aryl methyl sites for hydroxylation is 4. The average Bonchev–Trinajstić information content (AvgIpc) is 2.86. The summed E-state index contributed by atoms with van der Waals surface area (Å²) in [5, 5.41) is 16.3. The molecule has 112 valence electrons. The molecule has 0 bridgehead atoms. The highest BCUT2D eigenvalue weighted by molar-refractivity contribution is 5.27. The van der Waals surface area contributed by atoms with E-state index in [9.17, 15) is 0 Å². The zero-order valence-corrected chi connectivity index (χ0v) is 12.8. The molecular weight excluding hydrogens is 266 g/mol. The van der Waals surface area contributed by atoms with Crippen molar-refractivity contribution >= 4 is 5.95 Å². The maximum atomic E-state index is 4.59. The molecule has 0 saturated carbocycles. The van der Waals surface area contributed by atoms with Gasteiger partial charge in [-0.25, -0.2) is 14.6 Å². The van der Waals surface area contributed by atoms with Crippen molar-refractivity contribution in [3.63, 3.8) is 0 Å². The number of hydrogen-bond donors (Lipinski definition) is 1. The van der Waals surface area contributed by atoms with E-state index < -0.39 is 0 Å². The molecule has 0 fully saturated rings. The van der Waals surface area contributed by atoms with Gasteiger partial charge in [0.25, 0.3) is 0 Å². The molecule has 0 saturated heterocycles. The molecule has 0 radical (unpaired) electrons. The second-order valence-electron chi connectivity index (χ2n) is 5.37. The molecule has 0 amide bonds. The van der Waals surface area contributed by atoms with E-state index in [1.807, 2.05) is 11.6 Å². The van der Waals surface area contributed by atoms with Gasteiger partial charge in [0.1, 0.15) is 11.6 Å². The summed E-state index contributed by atoms with van der Waals surface area (Å²) in [6.45, 7) is 6.90. The number of hydrogen-bond acceptors (Lipinski definition) is 6. The maximum Gasteiger partial charge on any atom is 0.243 e. The lowest BCUT2D eigenvalue weighted by molar-refractivity contribution is 0.438. The van der Waals surface area contributed by atoms with Crippen LogP contribution in [-0.2, 0) is 25.8 Å². The minimum Gasteiger partial charge on any atom is -0.348 e. The average molecular weight is 287 g/mol. The summed E-state index contributed by atoms with van der Waals surface area (Å²) in [7, 11) is 0. The van der Waals surface area contributed by atoms with E-state index in [0.29, 0.717) is 5.95 Å². The van der Waals surface area contributed by atoms with Gasteiger partial charge in [0.2, 0.25) is 5.95 Å². The molecular formula is C14H21N7. The molecule has 1 aliphatic heterocycles. The highest BCUT2D eigenvalue weighted by Crippen LogP contribution is 2.16. The van der Waals surface area contributed by atoms with Crippen LogP contribution in [0.4, 0.5) is 5.95 Å². The van der Waals surface area contributed by atoms with Crippen LogP contribution >= 0.6 is 0 Å². The fraction of sp³-hybridized carbons (Fsp3) is 0.643. The number of rotatable bonds is 4. The lowest BCUT2D eigenvalue weighted by atomic mass is 10.1. The molecule has 7 nitrogen and oxygen atoms in total. The van der Waals surface area contributed by atoms with Crippen molar-refractivity contribution in [2.45, 2.75) is 59.0 Å². The Labute approximate surface area is 124 Å². The van der Waals surface area contributed by atoms with Crippen LogP contribution in [0.25, 0.3) is 0 Å². The van der Waals surface area contributed by atoms with Gasteiger partial charge in [-0.1, -0.05) is 13.8 Å². The minimum absolute atomic E-state index is 0.276. The van der Waals surface area contributed by atoms with Crippen LogP contribution in [0.3, 0.4) is 0 Å². The normalized spacial score (nSPS) is 17.6. The van der Waals surface area contributed by atoms with Crippen molar-refractivity contribution in [2.75, 3.05) is 5.32 Å². The molecule has 0 aromatic carbocycles. The Morgan fingerprint density at radius 2 is 1.95 bits per heavy atom. The topological polar surface area (TPSA) is 81.4 Å².